The summed E-state index contributed by atoms with van der Waals surface area (Å²) in [6.45, 7) is 4.78. The topological polar surface area (TPSA) is 34.4 Å². The van der Waals surface area contributed by atoms with Crippen LogP contribution in [0.3, 0.4) is 0 Å². The van der Waals surface area contributed by atoms with Gasteiger partial charge in [-0.1, -0.05) is 40.6 Å². The molecule has 3 aromatic rings. The highest BCUT2D eigenvalue weighted by Crippen LogP contribution is 2.29. The van der Waals surface area contributed by atoms with E-state index in [2.05, 4.69) is 4.99 Å². The number of halogens is 2. The summed E-state index contributed by atoms with van der Waals surface area (Å²) < 4.78 is 3.56. The number of carbonyl (C=O) groups excluding carboxylic acids is 1. The van der Waals surface area contributed by atoms with Crippen LogP contribution in [0.5, 0.6) is 0 Å². The number of aromatic nitrogens is 1. The Kier molecular flexibility index (Phi) is 4.41. The average Bonchev–Trinajstić information content (AvgIpc) is 3.07. The van der Waals surface area contributed by atoms with Crippen LogP contribution >= 0.6 is 45.9 Å². The number of aryl methyl sites for hydroxylation is 2. The Labute approximate surface area is 145 Å². The zero-order valence-corrected chi connectivity index (χ0v) is 15.0. The molecule has 0 aliphatic carbocycles. The molecule has 0 radical (unpaired) electrons. The Balaban J connectivity index is 2.22. The second kappa shape index (κ2) is 6.16. The number of nitrogens with zero attached hydrogens (tertiary/aromatic N) is 2. The summed E-state index contributed by atoms with van der Waals surface area (Å²) in [7, 11) is 0. The normalized spacial score (nSPS) is 12.3. The molecule has 114 valence electrons. The molecule has 0 bridgehead atoms. The summed E-state index contributed by atoms with van der Waals surface area (Å²) in [5.41, 5.74) is 2.15. The van der Waals surface area contributed by atoms with Crippen LogP contribution in [0, 0.1) is 6.92 Å². The van der Waals surface area contributed by atoms with Crippen LogP contribution in [0.4, 0.5) is 0 Å². The van der Waals surface area contributed by atoms with Crippen LogP contribution in [0.2, 0.25) is 9.36 Å². The minimum atomic E-state index is -0.278. The lowest BCUT2D eigenvalue weighted by Crippen LogP contribution is -2.16. The van der Waals surface area contributed by atoms with E-state index < -0.39 is 0 Å². The molecule has 0 aliphatic rings. The molecule has 2 aromatic heterocycles. The van der Waals surface area contributed by atoms with Crippen LogP contribution in [-0.4, -0.2) is 10.5 Å². The van der Waals surface area contributed by atoms with Gasteiger partial charge in [-0.25, -0.2) is 0 Å². The maximum atomic E-state index is 12.3. The average molecular weight is 371 g/mol. The number of benzene rings is 1. The van der Waals surface area contributed by atoms with E-state index in [0.717, 1.165) is 22.3 Å². The first-order valence-corrected chi connectivity index (χ1v) is 9.03. The van der Waals surface area contributed by atoms with Gasteiger partial charge < -0.3 is 4.57 Å². The number of thiophene rings is 1. The highest BCUT2D eigenvalue weighted by molar-refractivity contribution is 7.18. The van der Waals surface area contributed by atoms with E-state index in [-0.39, 0.29) is 5.91 Å². The van der Waals surface area contributed by atoms with Gasteiger partial charge in [0, 0.05) is 6.54 Å². The van der Waals surface area contributed by atoms with Gasteiger partial charge in [-0.3, -0.25) is 4.79 Å². The molecule has 0 atom stereocenters. The summed E-state index contributed by atoms with van der Waals surface area (Å²) in [6.07, 6.45) is 0. The second-order valence-electron chi connectivity index (χ2n) is 4.69. The van der Waals surface area contributed by atoms with E-state index in [0.29, 0.717) is 19.0 Å². The quantitative estimate of drug-likeness (QED) is 0.614. The molecule has 0 saturated carbocycles. The zero-order valence-electron chi connectivity index (χ0n) is 11.9. The molecule has 0 unspecified atom stereocenters. The minimum absolute atomic E-state index is 0.278. The van der Waals surface area contributed by atoms with Crippen molar-refractivity contribution in [2.24, 2.45) is 4.99 Å². The number of rotatable bonds is 2. The fourth-order valence-corrected chi connectivity index (χ4v) is 4.64. The van der Waals surface area contributed by atoms with Crippen LogP contribution < -0.4 is 4.80 Å². The van der Waals surface area contributed by atoms with Gasteiger partial charge in [-0.2, -0.15) is 4.99 Å². The van der Waals surface area contributed by atoms with Crippen molar-refractivity contribution in [2.45, 2.75) is 20.4 Å². The minimum Gasteiger partial charge on any atom is -0.316 e. The molecule has 0 fully saturated rings. The van der Waals surface area contributed by atoms with Crippen molar-refractivity contribution in [3.05, 3.63) is 48.9 Å². The summed E-state index contributed by atoms with van der Waals surface area (Å²) in [5.74, 6) is -0.278. The summed E-state index contributed by atoms with van der Waals surface area (Å²) in [4.78, 5) is 17.7. The van der Waals surface area contributed by atoms with Crippen LogP contribution in [0.1, 0.15) is 22.2 Å². The maximum Gasteiger partial charge on any atom is 0.289 e. The lowest BCUT2D eigenvalue weighted by molar-refractivity contribution is 0.100. The first kappa shape index (κ1) is 15.7. The molecule has 3 rings (SSSR count). The van der Waals surface area contributed by atoms with Gasteiger partial charge in [0.2, 0.25) is 0 Å². The predicted molar refractivity (Wildman–Crippen MR) is 94.5 cm³/mol. The molecule has 0 spiro atoms. The number of hydrogen-bond donors (Lipinski definition) is 0. The third-order valence-corrected chi connectivity index (χ3v) is 6.03. The Bertz CT molecular complexity index is 937. The van der Waals surface area contributed by atoms with Gasteiger partial charge in [0.1, 0.15) is 0 Å². The first-order chi connectivity index (χ1) is 10.5. The van der Waals surface area contributed by atoms with Crippen molar-refractivity contribution in [3.63, 3.8) is 0 Å². The monoisotopic (exact) mass is 370 g/mol. The van der Waals surface area contributed by atoms with Crippen LogP contribution in [-0.2, 0) is 6.54 Å². The van der Waals surface area contributed by atoms with Crippen LogP contribution in [0.15, 0.2) is 29.3 Å². The molecular weight excluding hydrogens is 359 g/mol. The van der Waals surface area contributed by atoms with Crippen molar-refractivity contribution in [2.75, 3.05) is 0 Å². The molecule has 22 heavy (non-hydrogen) atoms. The summed E-state index contributed by atoms with van der Waals surface area (Å²) >= 11 is 14.8. The smallest absolute Gasteiger partial charge is 0.289 e. The molecule has 2 heterocycles. The SMILES string of the molecule is CCn1c(=NC(=O)c2ccc(Cl)s2)sc2c(Cl)ccc(C)c21. The lowest BCUT2D eigenvalue weighted by atomic mass is 10.2. The van der Waals surface area contributed by atoms with E-state index in [1.54, 1.807) is 12.1 Å². The molecule has 1 amide bonds. The van der Waals surface area contributed by atoms with Gasteiger partial charge in [-0.05, 0) is 37.6 Å². The number of hydrogen-bond acceptors (Lipinski definition) is 3. The van der Waals surface area contributed by atoms with Gasteiger partial charge >= 0.3 is 0 Å². The summed E-state index contributed by atoms with van der Waals surface area (Å²) in [5, 5.41) is 0.681. The maximum absolute atomic E-state index is 12.3. The predicted octanol–water partition coefficient (Wildman–Crippen LogP) is 5.14. The lowest BCUT2D eigenvalue weighted by Gasteiger charge is -2.03. The molecule has 0 N–H and O–H groups in total. The second-order valence-corrected chi connectivity index (χ2v) is 7.79. The number of amides is 1. The molecule has 7 heteroatoms. The largest absolute Gasteiger partial charge is 0.316 e. The first-order valence-electron chi connectivity index (χ1n) is 6.64. The summed E-state index contributed by atoms with van der Waals surface area (Å²) in [6, 6.07) is 7.25. The highest BCUT2D eigenvalue weighted by Gasteiger charge is 2.13. The van der Waals surface area contributed by atoms with Gasteiger partial charge in [0.15, 0.2) is 4.80 Å². The van der Waals surface area contributed by atoms with E-state index in [1.807, 2.05) is 30.5 Å². The Hall–Kier alpha value is -1.14. The zero-order chi connectivity index (χ0) is 15.9. The van der Waals surface area contributed by atoms with E-state index >= 15 is 0 Å². The van der Waals surface area contributed by atoms with Crippen molar-refractivity contribution < 1.29 is 4.79 Å². The Morgan fingerprint density at radius 2 is 2.00 bits per heavy atom. The molecule has 0 aliphatic heterocycles. The fraction of sp³-hybridized carbons (Fsp3) is 0.200. The van der Waals surface area contributed by atoms with Gasteiger partial charge in [0.25, 0.3) is 5.91 Å². The molecular formula is C15H12Cl2N2OS2. The van der Waals surface area contributed by atoms with Crippen LogP contribution in [0.25, 0.3) is 10.2 Å². The molecule has 3 nitrogen and oxygen atoms in total. The van der Waals surface area contributed by atoms with Crippen molar-refractivity contribution >= 4 is 62.0 Å². The van der Waals surface area contributed by atoms with Gasteiger partial charge in [0.05, 0.1) is 24.5 Å². The van der Waals surface area contributed by atoms with Crippen molar-refractivity contribution in [1.82, 2.24) is 4.57 Å². The van der Waals surface area contributed by atoms with Crippen molar-refractivity contribution in [1.29, 1.82) is 0 Å². The van der Waals surface area contributed by atoms with Gasteiger partial charge in [-0.15, -0.1) is 11.3 Å². The van der Waals surface area contributed by atoms with E-state index in [9.17, 15) is 4.79 Å². The highest BCUT2D eigenvalue weighted by atomic mass is 35.5. The van der Waals surface area contributed by atoms with Crippen molar-refractivity contribution in [3.8, 4) is 0 Å². The number of carbonyl (C=O) groups is 1. The molecule has 0 saturated heterocycles. The Morgan fingerprint density at radius 1 is 1.23 bits per heavy atom. The van der Waals surface area contributed by atoms with E-state index in [4.69, 9.17) is 23.2 Å². The standard InChI is InChI=1S/C15H12Cl2N2OS2/c1-3-19-12-8(2)4-5-9(16)13(12)22-15(19)18-14(20)10-6-7-11(17)21-10/h4-7H,3H2,1-2H3. The Morgan fingerprint density at radius 3 is 2.64 bits per heavy atom. The fourth-order valence-electron chi connectivity index (χ4n) is 2.27. The number of fused-ring (bicyclic) bond motifs is 1. The third kappa shape index (κ3) is 2.74. The molecule has 1 aromatic carbocycles. The number of thiazole rings is 1. The van der Waals surface area contributed by atoms with E-state index in [1.165, 1.54) is 22.7 Å². The third-order valence-electron chi connectivity index (χ3n) is 3.28.